The van der Waals surface area contributed by atoms with Crippen LogP contribution in [0.15, 0.2) is 60.8 Å². The first kappa shape index (κ1) is 56.1. The van der Waals surface area contributed by atoms with Crippen molar-refractivity contribution in [2.75, 3.05) is 13.2 Å². The molecule has 0 aromatic heterocycles. The number of esters is 3. The minimum absolute atomic E-state index is 0.0820. The average molecular weight is 825 g/mol. The molecule has 0 heterocycles. The highest BCUT2D eigenvalue weighted by Crippen LogP contribution is 2.15. The second kappa shape index (κ2) is 47.8. The van der Waals surface area contributed by atoms with Crippen molar-refractivity contribution in [1.29, 1.82) is 0 Å². The molecular weight excluding hydrogens is 733 g/mol. The topological polar surface area (TPSA) is 78.9 Å². The summed E-state index contributed by atoms with van der Waals surface area (Å²) in [6.07, 6.45) is 57.7. The molecule has 0 aromatic carbocycles. The van der Waals surface area contributed by atoms with Crippen LogP contribution in [0.5, 0.6) is 0 Å². The standard InChI is InChI=1S/C53H92O6/c1-4-7-10-13-16-19-22-23-24-25-26-27-28-29-32-34-37-40-43-46-52(55)58-49-50(59-53(56)47-44-41-38-35-31-21-18-15-12-9-6-3)48-57-51(54)45-42-39-36-33-30-20-17-14-11-8-5-2/h7,10,16,19,23-24,26-27,29,32,50H,4-6,8-9,11-15,17-18,20-22,25,28,30-31,33-49H2,1-3H3/b10-7-,19-16-,24-23-,27-26-,32-29-. The van der Waals surface area contributed by atoms with E-state index in [1.165, 1.54) is 103 Å². The SMILES string of the molecule is CC/C=C\C/C=C\C/C=C\C/C=C\C/C=C\CCCCCC(=O)OCC(COC(=O)CCCCCCCCCCCCC)OC(=O)CCCCCCCCCCCCC. The molecule has 6 nitrogen and oxygen atoms in total. The van der Waals surface area contributed by atoms with E-state index in [2.05, 4.69) is 81.5 Å². The molecule has 0 amide bonds. The number of unbranched alkanes of at least 4 members (excludes halogenated alkanes) is 23. The Hall–Kier alpha value is -2.89. The number of hydrogen-bond acceptors (Lipinski definition) is 6. The molecular formula is C53H92O6. The maximum Gasteiger partial charge on any atom is 0.306 e. The van der Waals surface area contributed by atoms with E-state index >= 15 is 0 Å². The van der Waals surface area contributed by atoms with Crippen molar-refractivity contribution in [2.45, 2.75) is 245 Å². The van der Waals surface area contributed by atoms with E-state index in [1.54, 1.807) is 0 Å². The Balaban J connectivity index is 4.39. The largest absolute Gasteiger partial charge is 0.462 e. The normalized spacial score (nSPS) is 12.5. The fourth-order valence-electron chi connectivity index (χ4n) is 6.82. The van der Waals surface area contributed by atoms with Crippen molar-refractivity contribution >= 4 is 17.9 Å². The minimum atomic E-state index is -0.782. The molecule has 0 saturated carbocycles. The lowest BCUT2D eigenvalue weighted by Crippen LogP contribution is -2.30. The molecule has 0 saturated heterocycles. The van der Waals surface area contributed by atoms with Gasteiger partial charge in [0.2, 0.25) is 0 Å². The lowest BCUT2D eigenvalue weighted by molar-refractivity contribution is -0.167. The number of hydrogen-bond donors (Lipinski definition) is 0. The number of rotatable bonds is 44. The first-order valence-corrected chi connectivity index (χ1v) is 24.8. The molecule has 340 valence electrons. The molecule has 0 aliphatic carbocycles. The van der Waals surface area contributed by atoms with Gasteiger partial charge in [-0.1, -0.05) is 216 Å². The van der Waals surface area contributed by atoms with E-state index in [0.717, 1.165) is 96.3 Å². The smallest absolute Gasteiger partial charge is 0.306 e. The van der Waals surface area contributed by atoms with Crippen molar-refractivity contribution in [3.05, 3.63) is 60.8 Å². The van der Waals surface area contributed by atoms with Gasteiger partial charge in [-0.15, -0.1) is 0 Å². The molecule has 0 aromatic rings. The Morgan fingerprint density at radius 1 is 0.356 bits per heavy atom. The van der Waals surface area contributed by atoms with E-state index in [0.29, 0.717) is 19.3 Å². The van der Waals surface area contributed by atoms with E-state index in [4.69, 9.17) is 14.2 Å². The summed E-state index contributed by atoms with van der Waals surface area (Å²) in [6, 6.07) is 0. The van der Waals surface area contributed by atoms with E-state index in [1.807, 2.05) is 0 Å². The zero-order valence-electron chi connectivity index (χ0n) is 38.8. The zero-order valence-corrected chi connectivity index (χ0v) is 38.8. The summed E-state index contributed by atoms with van der Waals surface area (Å²) in [5, 5.41) is 0. The second-order valence-corrected chi connectivity index (χ2v) is 16.4. The highest BCUT2D eigenvalue weighted by Gasteiger charge is 2.19. The summed E-state index contributed by atoms with van der Waals surface area (Å²) in [5.41, 5.74) is 0. The van der Waals surface area contributed by atoms with Crippen molar-refractivity contribution < 1.29 is 28.6 Å². The predicted octanol–water partition coefficient (Wildman–Crippen LogP) is 16.1. The molecule has 0 radical (unpaired) electrons. The van der Waals surface area contributed by atoms with Gasteiger partial charge in [0.25, 0.3) is 0 Å². The molecule has 1 unspecified atom stereocenters. The highest BCUT2D eigenvalue weighted by atomic mass is 16.6. The molecule has 0 N–H and O–H groups in total. The number of ether oxygens (including phenoxy) is 3. The van der Waals surface area contributed by atoms with Crippen LogP contribution in [0.1, 0.15) is 239 Å². The molecule has 0 aliphatic heterocycles. The Morgan fingerprint density at radius 2 is 0.661 bits per heavy atom. The molecule has 0 rings (SSSR count). The van der Waals surface area contributed by atoms with Crippen LogP contribution >= 0.6 is 0 Å². The zero-order chi connectivity index (χ0) is 43.0. The number of allylic oxidation sites excluding steroid dienone is 10. The maximum absolute atomic E-state index is 12.7. The van der Waals surface area contributed by atoms with Gasteiger partial charge in [0, 0.05) is 19.3 Å². The molecule has 0 aliphatic rings. The maximum atomic E-state index is 12.7. The van der Waals surface area contributed by atoms with Gasteiger partial charge in [0.15, 0.2) is 6.10 Å². The molecule has 0 bridgehead atoms. The summed E-state index contributed by atoms with van der Waals surface area (Å²) >= 11 is 0. The van der Waals surface area contributed by atoms with Gasteiger partial charge < -0.3 is 14.2 Å². The van der Waals surface area contributed by atoms with E-state index in [-0.39, 0.29) is 31.1 Å². The van der Waals surface area contributed by atoms with Crippen molar-refractivity contribution in [1.82, 2.24) is 0 Å². The molecule has 6 heteroatoms. The second-order valence-electron chi connectivity index (χ2n) is 16.4. The Kier molecular flexibility index (Phi) is 45.4. The van der Waals surface area contributed by atoms with Gasteiger partial charge in [-0.25, -0.2) is 0 Å². The van der Waals surface area contributed by atoms with Gasteiger partial charge in [0.1, 0.15) is 13.2 Å². The van der Waals surface area contributed by atoms with Crippen LogP contribution in [-0.4, -0.2) is 37.2 Å². The lowest BCUT2D eigenvalue weighted by atomic mass is 10.1. The summed E-state index contributed by atoms with van der Waals surface area (Å²) in [4.78, 5) is 37.8. The third-order valence-corrected chi connectivity index (χ3v) is 10.5. The fourth-order valence-corrected chi connectivity index (χ4v) is 6.82. The Morgan fingerprint density at radius 3 is 1.03 bits per heavy atom. The fraction of sp³-hybridized carbons (Fsp3) is 0.755. The molecule has 1 atom stereocenters. The van der Waals surface area contributed by atoms with Gasteiger partial charge in [-0.05, 0) is 64.2 Å². The minimum Gasteiger partial charge on any atom is -0.462 e. The Bertz CT molecular complexity index is 1090. The first-order valence-electron chi connectivity index (χ1n) is 24.8. The van der Waals surface area contributed by atoms with Crippen LogP contribution < -0.4 is 0 Å². The molecule has 59 heavy (non-hydrogen) atoms. The molecule has 0 spiro atoms. The van der Waals surface area contributed by atoms with Crippen molar-refractivity contribution in [3.63, 3.8) is 0 Å². The van der Waals surface area contributed by atoms with Gasteiger partial charge in [-0.3, -0.25) is 14.4 Å². The summed E-state index contributed by atoms with van der Waals surface area (Å²) in [5.74, 6) is -0.914. The lowest BCUT2D eigenvalue weighted by Gasteiger charge is -2.18. The van der Waals surface area contributed by atoms with Gasteiger partial charge in [0.05, 0.1) is 0 Å². The quantitative estimate of drug-likeness (QED) is 0.0263. The van der Waals surface area contributed by atoms with Crippen molar-refractivity contribution in [2.24, 2.45) is 0 Å². The highest BCUT2D eigenvalue weighted by molar-refractivity contribution is 5.71. The summed E-state index contributed by atoms with van der Waals surface area (Å²) in [6.45, 7) is 6.48. The number of carbonyl (C=O) groups is 3. The summed E-state index contributed by atoms with van der Waals surface area (Å²) < 4.78 is 16.7. The van der Waals surface area contributed by atoms with Gasteiger partial charge >= 0.3 is 17.9 Å². The van der Waals surface area contributed by atoms with Crippen LogP contribution in [0.3, 0.4) is 0 Å². The third kappa shape index (κ3) is 46.0. The van der Waals surface area contributed by atoms with Crippen LogP contribution in [0.25, 0.3) is 0 Å². The van der Waals surface area contributed by atoms with Crippen LogP contribution in [0.2, 0.25) is 0 Å². The molecule has 0 fully saturated rings. The van der Waals surface area contributed by atoms with E-state index in [9.17, 15) is 14.4 Å². The van der Waals surface area contributed by atoms with Crippen LogP contribution in [-0.2, 0) is 28.6 Å². The monoisotopic (exact) mass is 825 g/mol. The summed E-state index contributed by atoms with van der Waals surface area (Å²) in [7, 11) is 0. The Labute approximate surface area is 364 Å². The van der Waals surface area contributed by atoms with Crippen molar-refractivity contribution in [3.8, 4) is 0 Å². The van der Waals surface area contributed by atoms with E-state index < -0.39 is 6.10 Å². The van der Waals surface area contributed by atoms with Crippen LogP contribution in [0.4, 0.5) is 0 Å². The third-order valence-electron chi connectivity index (χ3n) is 10.5. The van der Waals surface area contributed by atoms with Gasteiger partial charge in [-0.2, -0.15) is 0 Å². The van der Waals surface area contributed by atoms with Crippen LogP contribution in [0, 0.1) is 0 Å². The first-order chi connectivity index (χ1) is 29.0. The average Bonchev–Trinajstić information content (AvgIpc) is 3.23. The predicted molar refractivity (Wildman–Crippen MR) is 251 cm³/mol. The number of carbonyl (C=O) groups excluding carboxylic acids is 3.